The number of aliphatic imine (C=N–C) groups is 1. The van der Waals surface area contributed by atoms with E-state index in [1.807, 2.05) is 185 Å². The van der Waals surface area contributed by atoms with Crippen molar-refractivity contribution in [3.05, 3.63) is 293 Å². The maximum atomic E-state index is 12.5. The van der Waals surface area contributed by atoms with E-state index in [0.29, 0.717) is 43.2 Å². The van der Waals surface area contributed by atoms with Crippen LogP contribution in [-0.2, 0) is 51.3 Å². The van der Waals surface area contributed by atoms with Crippen molar-refractivity contribution in [2.45, 2.75) is 81.8 Å². The minimum atomic E-state index is -0.962. The normalized spacial score (nSPS) is 10.6. The van der Waals surface area contributed by atoms with Gasteiger partial charge < -0.3 is 30.4 Å². The highest BCUT2D eigenvalue weighted by Gasteiger charge is 2.20. The molecule has 108 heavy (non-hydrogen) atoms. The number of benzene rings is 5. The van der Waals surface area contributed by atoms with Crippen LogP contribution in [0.1, 0.15) is 122 Å². The van der Waals surface area contributed by atoms with E-state index in [4.69, 9.17) is 15.6 Å². The van der Waals surface area contributed by atoms with E-state index >= 15 is 0 Å². The summed E-state index contributed by atoms with van der Waals surface area (Å²) in [5.41, 5.74) is 23.3. The molecule has 6 aromatic heterocycles. The topological polar surface area (TPSA) is 361 Å². The lowest BCUT2D eigenvalue weighted by Crippen LogP contribution is -2.23. The number of aryl methyl sites for hydroxylation is 4. The number of Topliss-reactive ketones (excluding diaryl/α,β-unsaturated/α-hetero) is 4. The lowest BCUT2D eigenvalue weighted by atomic mass is 10.1. The number of ketones is 4. The van der Waals surface area contributed by atoms with Gasteiger partial charge in [0.15, 0.2) is 11.6 Å². The van der Waals surface area contributed by atoms with Gasteiger partial charge in [0.1, 0.15) is 17.1 Å². The van der Waals surface area contributed by atoms with Crippen LogP contribution in [0.2, 0.25) is 0 Å². The molecule has 12 rings (SSSR count). The monoisotopic (exact) mass is 1460 g/mol. The van der Waals surface area contributed by atoms with Crippen molar-refractivity contribution in [1.29, 1.82) is 0 Å². The van der Waals surface area contributed by atoms with Gasteiger partial charge in [-0.3, -0.25) is 59.1 Å². The van der Waals surface area contributed by atoms with E-state index in [0.717, 1.165) is 95.4 Å². The number of nitrogens with one attached hydrogen (secondary N) is 3. The van der Waals surface area contributed by atoms with E-state index in [-0.39, 0.29) is 42.4 Å². The molecule has 6 N–H and O–H groups in total. The average molecular weight is 1460 g/mol. The number of hydrogen-bond acceptors (Lipinski definition) is 20. The Hall–Kier alpha value is -13.5. The van der Waals surface area contributed by atoms with Gasteiger partial charge in [0.25, 0.3) is 5.91 Å². The van der Waals surface area contributed by atoms with Gasteiger partial charge in [-0.1, -0.05) is 164 Å². The highest BCUT2D eigenvalue weighted by atomic mass is 16.5. The largest absolute Gasteiger partial charge is 0.477 e. The number of rotatable bonds is 20. The van der Waals surface area contributed by atoms with Crippen LogP contribution in [0.4, 0.5) is 0 Å². The van der Waals surface area contributed by atoms with Gasteiger partial charge in [-0.2, -0.15) is 10.2 Å². The Morgan fingerprint density at radius 3 is 1.37 bits per heavy atom. The van der Waals surface area contributed by atoms with Crippen LogP contribution in [0.5, 0.6) is 0 Å². The minimum absolute atomic E-state index is 0.121. The van der Waals surface area contributed by atoms with Gasteiger partial charge in [0.05, 0.1) is 55.6 Å². The van der Waals surface area contributed by atoms with E-state index in [9.17, 15) is 43.2 Å². The number of carbonyl (C=O) groups is 9. The fourth-order valence-corrected chi connectivity index (χ4v) is 9.77. The van der Waals surface area contributed by atoms with Crippen LogP contribution in [-0.4, -0.2) is 130 Å². The van der Waals surface area contributed by atoms with Crippen LogP contribution >= 0.6 is 0 Å². The van der Waals surface area contributed by atoms with Crippen molar-refractivity contribution in [3.63, 3.8) is 0 Å². The molecule has 1 amide bonds. The summed E-state index contributed by atoms with van der Waals surface area (Å²) >= 11 is 0. The standard InChI is InChI=1S/C23H21N5O.C13H15N3.C12H12N2O2.C12H12O4.C11H9NO2.C8H8O.C5H8O3/c1-15-10-17(13-25-22(15)19-8-9-24-16(2)11-19)14-26-23(29)21-12-20(27-28-21)18-6-4-3-5-7-18;1-9-5-11(7-14)8-16-13(9)12-3-4-15-10(2)6-12;1-2-16-12(15)11-8-10(13-14-11)9-6-4-3-5-7-9;1-2-16-12(15)11(14)8-10(13)9-6-4-3-5-7-9;13-11(14)10-6-9(7-12-10)8-4-2-1-3-5-8;1-7(9)8-5-3-2-4-6-8;1-3-8-5(7)4(2)6/h3-13H,14H2,1-2H3,(H,26,29)(H,27,28);3-6,8H,7,14H2,1-2H3;3-8H,2H2,1H3,(H,13,14);3-7H,2,8H2,1H3;1-6H,7H2,(H,13,14);2-6H,1H3;3H2,1-2H3. The predicted octanol–water partition coefficient (Wildman–Crippen LogP) is 13.6. The molecule has 0 aliphatic carbocycles. The third kappa shape index (κ3) is 27.6. The van der Waals surface area contributed by atoms with Crippen molar-refractivity contribution in [3.8, 4) is 45.0 Å². The number of aliphatic carboxylic acids is 1. The molecule has 554 valence electrons. The zero-order valence-electron chi connectivity index (χ0n) is 61.4. The SMILES string of the molecule is CC(=O)c1ccccc1.CCOC(=O)C(=O)CC(=O)c1ccccc1.CCOC(=O)C(C)=O.CCOC(=O)c1cc(-c2ccccc2)n[nH]1.Cc1cc(-c2ncc(CN)cc2C)ccn1.Cc1cc(-c2ncc(CNC(=O)c3cc(-c4ccccc4)n[nH]3)cc2C)ccn1.O=C(O)C1=NCC(c2ccccc2)=C1. The zero-order valence-corrected chi connectivity index (χ0v) is 61.4. The number of aromatic nitrogens is 8. The minimum Gasteiger partial charge on any atom is -0.477 e. The number of aromatic amines is 2. The van der Waals surface area contributed by atoms with Gasteiger partial charge in [-0.25, -0.2) is 19.2 Å². The fourth-order valence-electron chi connectivity index (χ4n) is 9.77. The summed E-state index contributed by atoms with van der Waals surface area (Å²) in [5.74, 6) is -4.87. The number of carboxylic acids is 1. The third-order valence-electron chi connectivity index (χ3n) is 15.1. The number of carboxylic acid groups (broad SMARTS) is 1. The highest BCUT2D eigenvalue weighted by Crippen LogP contribution is 2.25. The second kappa shape index (κ2) is 44.2. The quantitative estimate of drug-likeness (QED) is 0.0156. The molecule has 0 atom stereocenters. The third-order valence-corrected chi connectivity index (χ3v) is 15.1. The molecule has 24 heteroatoms. The fraction of sp³-hybridized carbons (Fsp3) is 0.190. The first kappa shape index (κ1) is 83.5. The molecular formula is C84H85N11O13. The first-order valence-electron chi connectivity index (χ1n) is 34.2. The number of hydrogen-bond donors (Lipinski definition) is 5. The molecule has 1 aliphatic heterocycles. The number of pyridine rings is 4. The van der Waals surface area contributed by atoms with Crippen molar-refractivity contribution in [1.82, 2.24) is 45.6 Å². The van der Waals surface area contributed by atoms with Crippen LogP contribution in [0, 0.1) is 27.7 Å². The summed E-state index contributed by atoms with van der Waals surface area (Å²) in [6, 6.07) is 62.2. The van der Waals surface area contributed by atoms with E-state index in [2.05, 4.69) is 73.1 Å². The van der Waals surface area contributed by atoms with E-state index in [1.165, 1.54) is 6.92 Å². The Kier molecular flexibility index (Phi) is 34.2. The molecular weight excluding hydrogens is 1370 g/mol. The van der Waals surface area contributed by atoms with E-state index in [1.54, 1.807) is 88.6 Å². The first-order chi connectivity index (χ1) is 52.0. The van der Waals surface area contributed by atoms with Crippen molar-refractivity contribution in [2.24, 2.45) is 10.7 Å². The Morgan fingerprint density at radius 2 is 0.944 bits per heavy atom. The number of carbonyl (C=O) groups excluding carboxylic acids is 8. The second-order valence-electron chi connectivity index (χ2n) is 23.4. The summed E-state index contributed by atoms with van der Waals surface area (Å²) in [7, 11) is 0. The Morgan fingerprint density at radius 1 is 0.500 bits per heavy atom. The number of ether oxygens (including phenoxy) is 3. The molecule has 0 spiro atoms. The molecule has 0 radical (unpaired) electrons. The van der Waals surface area contributed by atoms with Crippen LogP contribution in [0.3, 0.4) is 0 Å². The molecule has 1 aliphatic rings. The molecule has 24 nitrogen and oxygen atoms in total. The summed E-state index contributed by atoms with van der Waals surface area (Å²) in [6.07, 6.45) is 8.40. The Balaban J connectivity index is 0.000000205. The van der Waals surface area contributed by atoms with Gasteiger partial charge in [0, 0.05) is 89.6 Å². The smallest absolute Gasteiger partial charge is 0.375 e. The molecule has 11 aromatic rings. The molecule has 5 aromatic carbocycles. The molecule has 0 bridgehead atoms. The first-order valence-corrected chi connectivity index (χ1v) is 34.2. The molecule has 0 fully saturated rings. The number of esters is 3. The number of amides is 1. The van der Waals surface area contributed by atoms with Crippen molar-refractivity contribution < 1.29 is 62.5 Å². The lowest BCUT2D eigenvalue weighted by Gasteiger charge is -2.09. The summed E-state index contributed by atoms with van der Waals surface area (Å²) in [5, 5.41) is 25.4. The highest BCUT2D eigenvalue weighted by molar-refractivity contribution is 6.42. The van der Waals surface area contributed by atoms with Gasteiger partial charge >= 0.3 is 23.9 Å². The summed E-state index contributed by atoms with van der Waals surface area (Å²) in [6.45, 7) is 17.9. The second-order valence-corrected chi connectivity index (χ2v) is 23.4. The Labute approximate surface area is 626 Å². The van der Waals surface area contributed by atoms with Gasteiger partial charge in [0.2, 0.25) is 11.6 Å². The molecule has 0 unspecified atom stereocenters. The van der Waals surface area contributed by atoms with Gasteiger partial charge in [-0.15, -0.1) is 0 Å². The number of H-pyrrole nitrogens is 2. The van der Waals surface area contributed by atoms with Crippen molar-refractivity contribution >= 4 is 64.2 Å². The van der Waals surface area contributed by atoms with E-state index < -0.39 is 35.9 Å². The van der Waals surface area contributed by atoms with Crippen LogP contribution < -0.4 is 11.1 Å². The summed E-state index contributed by atoms with van der Waals surface area (Å²) in [4.78, 5) is 120. The van der Waals surface area contributed by atoms with Gasteiger partial charge in [-0.05, 0) is 131 Å². The molecule has 7 heterocycles. The summed E-state index contributed by atoms with van der Waals surface area (Å²) < 4.78 is 13.7. The number of nitrogens with zero attached hydrogens (tertiary/aromatic N) is 7. The average Bonchev–Trinajstić information content (AvgIpc) is 0.907. The van der Waals surface area contributed by atoms with Crippen molar-refractivity contribution in [2.75, 3.05) is 26.4 Å². The number of nitrogens with two attached hydrogens (primary N) is 1. The maximum absolute atomic E-state index is 12.5. The molecule has 0 saturated carbocycles. The van der Waals surface area contributed by atoms with Crippen LogP contribution in [0.15, 0.2) is 236 Å². The zero-order chi connectivity index (χ0) is 78.3. The Bertz CT molecular complexity index is 4870. The molecule has 0 saturated heterocycles. The maximum Gasteiger partial charge on any atom is 0.375 e. The lowest BCUT2D eigenvalue weighted by molar-refractivity contribution is -0.153. The predicted molar refractivity (Wildman–Crippen MR) is 412 cm³/mol. The van der Waals surface area contributed by atoms with Crippen LogP contribution in [0.25, 0.3) is 50.6 Å².